The number of carbonyl (C=O) groups excluding carboxylic acids is 2. The van der Waals surface area contributed by atoms with Gasteiger partial charge in [-0.15, -0.1) is 0 Å². The zero-order valence-electron chi connectivity index (χ0n) is 18.2. The fourth-order valence-electron chi connectivity index (χ4n) is 5.36. The number of nitrogens with zero attached hydrogens (tertiary/aromatic N) is 1. The predicted octanol–water partition coefficient (Wildman–Crippen LogP) is 3.46. The van der Waals surface area contributed by atoms with Crippen molar-refractivity contribution in [1.82, 2.24) is 4.90 Å². The summed E-state index contributed by atoms with van der Waals surface area (Å²) in [6, 6.07) is 17.2. The van der Waals surface area contributed by atoms with Gasteiger partial charge in [-0.3, -0.25) is 14.5 Å². The molecule has 7 heteroatoms. The monoisotopic (exact) mass is 439 g/mol. The molecule has 0 unspecified atom stereocenters. The molecule has 3 aromatic rings. The van der Waals surface area contributed by atoms with Gasteiger partial charge in [0.1, 0.15) is 5.66 Å². The van der Waals surface area contributed by atoms with Gasteiger partial charge in [-0.05, 0) is 29.8 Å². The second-order valence-corrected chi connectivity index (χ2v) is 9.16. The Kier molecular flexibility index (Phi) is 4.25. The highest BCUT2D eigenvalue weighted by atomic mass is 16.1. The van der Waals surface area contributed by atoms with Crippen molar-refractivity contribution in [1.29, 1.82) is 0 Å². The second kappa shape index (κ2) is 7.08. The normalized spacial score (nSPS) is 18.3. The van der Waals surface area contributed by atoms with Crippen molar-refractivity contribution in [3.8, 4) is 0 Å². The van der Waals surface area contributed by atoms with Gasteiger partial charge in [0.2, 0.25) is 0 Å². The summed E-state index contributed by atoms with van der Waals surface area (Å²) in [7, 11) is 0. The highest BCUT2D eigenvalue weighted by Gasteiger charge is 2.44. The number of hydrogen-bond acceptors (Lipinski definition) is 7. The maximum Gasteiger partial charge on any atom is 0.198 e. The number of hydrogen-bond donors (Lipinski definition) is 4. The molecule has 0 aromatic heterocycles. The average molecular weight is 440 g/mol. The Labute approximate surface area is 191 Å². The van der Waals surface area contributed by atoms with E-state index >= 15 is 0 Å². The predicted molar refractivity (Wildman–Crippen MR) is 130 cm³/mol. The van der Waals surface area contributed by atoms with Gasteiger partial charge in [-0.25, -0.2) is 0 Å². The highest BCUT2D eigenvalue weighted by Crippen LogP contribution is 2.46. The van der Waals surface area contributed by atoms with Crippen LogP contribution in [0.15, 0.2) is 54.6 Å². The van der Waals surface area contributed by atoms with Crippen molar-refractivity contribution in [3.63, 3.8) is 0 Å². The molecule has 2 heterocycles. The molecule has 1 aliphatic carbocycles. The third kappa shape index (κ3) is 3.00. The van der Waals surface area contributed by atoms with E-state index in [1.165, 1.54) is 5.56 Å². The van der Waals surface area contributed by atoms with Crippen LogP contribution in [-0.2, 0) is 6.54 Å². The van der Waals surface area contributed by atoms with E-state index in [0.29, 0.717) is 16.8 Å². The molecule has 7 nitrogen and oxygen atoms in total. The number of carbonyl (C=O) groups is 2. The zero-order chi connectivity index (χ0) is 22.7. The molecule has 3 aliphatic rings. The third-order valence-corrected chi connectivity index (χ3v) is 7.10. The number of likely N-dealkylation sites (tertiary alicyclic amines) is 1. The van der Waals surface area contributed by atoms with E-state index in [1.807, 2.05) is 12.1 Å². The van der Waals surface area contributed by atoms with Gasteiger partial charge in [0.05, 0.1) is 28.1 Å². The third-order valence-electron chi connectivity index (χ3n) is 7.10. The van der Waals surface area contributed by atoms with E-state index in [1.54, 1.807) is 18.2 Å². The van der Waals surface area contributed by atoms with E-state index in [9.17, 15) is 9.59 Å². The number of nitrogens with two attached hydrogens (primary N) is 2. The maximum atomic E-state index is 13.5. The summed E-state index contributed by atoms with van der Waals surface area (Å²) in [4.78, 5) is 29.3. The molecule has 0 atom stereocenters. The van der Waals surface area contributed by atoms with Crippen molar-refractivity contribution < 1.29 is 9.59 Å². The van der Waals surface area contributed by atoms with Crippen LogP contribution in [0.3, 0.4) is 0 Å². The Hall–Kier alpha value is -3.84. The largest absolute Gasteiger partial charge is 0.398 e. The van der Waals surface area contributed by atoms with Crippen LogP contribution in [0, 0.1) is 0 Å². The molecule has 1 spiro atoms. The summed E-state index contributed by atoms with van der Waals surface area (Å²) < 4.78 is 0. The van der Waals surface area contributed by atoms with Crippen LogP contribution in [0.1, 0.15) is 50.2 Å². The maximum absolute atomic E-state index is 13.5. The van der Waals surface area contributed by atoms with Gasteiger partial charge in [-0.2, -0.15) is 0 Å². The lowest BCUT2D eigenvalue weighted by molar-refractivity contribution is 0.0981. The molecule has 6 N–H and O–H groups in total. The molecular formula is C26H25N5O2. The Balaban J connectivity index is 1.29. The van der Waals surface area contributed by atoms with Crippen LogP contribution >= 0.6 is 0 Å². The summed E-state index contributed by atoms with van der Waals surface area (Å²) in [6.45, 7) is 2.76. The van der Waals surface area contributed by atoms with Crippen LogP contribution in [0.5, 0.6) is 0 Å². The summed E-state index contributed by atoms with van der Waals surface area (Å²) >= 11 is 0. The van der Waals surface area contributed by atoms with E-state index in [4.69, 9.17) is 11.5 Å². The van der Waals surface area contributed by atoms with Crippen molar-refractivity contribution >= 4 is 34.3 Å². The number of nitrogens with one attached hydrogen (secondary N) is 2. The van der Waals surface area contributed by atoms with Gasteiger partial charge in [0.25, 0.3) is 0 Å². The van der Waals surface area contributed by atoms with Crippen molar-refractivity contribution in [2.45, 2.75) is 25.0 Å². The Bertz CT molecular complexity index is 1310. The average Bonchev–Trinajstić information content (AvgIpc) is 3.18. The van der Waals surface area contributed by atoms with E-state index in [0.717, 1.165) is 38.2 Å². The van der Waals surface area contributed by atoms with Crippen LogP contribution in [0.2, 0.25) is 0 Å². The second-order valence-electron chi connectivity index (χ2n) is 9.16. The standard InChI is InChI=1S/C26H25N5O2/c27-17-7-8-18(28)22-21(17)24(32)16-6-9-19-23(20(16)25(22)33)30-26(29-19)10-12-31(13-11-26)14-15-4-2-1-3-5-15/h1-9,29-30H,10-14,27-28H2. The van der Waals surface area contributed by atoms with Crippen molar-refractivity contribution in [2.24, 2.45) is 0 Å². The first-order valence-electron chi connectivity index (χ1n) is 11.2. The summed E-state index contributed by atoms with van der Waals surface area (Å²) in [5, 5.41) is 7.21. The number of piperidine rings is 1. The molecule has 166 valence electrons. The molecule has 0 amide bonds. The van der Waals surface area contributed by atoms with Gasteiger partial charge < -0.3 is 22.1 Å². The molecule has 6 rings (SSSR count). The first-order chi connectivity index (χ1) is 16.0. The van der Waals surface area contributed by atoms with Crippen LogP contribution in [0.4, 0.5) is 22.7 Å². The molecule has 2 aliphatic heterocycles. The molecule has 3 aromatic carbocycles. The van der Waals surface area contributed by atoms with Gasteiger partial charge in [0.15, 0.2) is 11.6 Å². The molecule has 0 bridgehead atoms. The quantitative estimate of drug-likeness (QED) is 0.354. The van der Waals surface area contributed by atoms with Gasteiger partial charge in [-0.1, -0.05) is 30.3 Å². The van der Waals surface area contributed by atoms with E-state index < -0.39 is 0 Å². The molecule has 1 saturated heterocycles. The number of anilines is 4. The molecular weight excluding hydrogens is 414 g/mol. The van der Waals surface area contributed by atoms with Crippen molar-refractivity contribution in [3.05, 3.63) is 82.4 Å². The van der Waals surface area contributed by atoms with Crippen LogP contribution in [-0.4, -0.2) is 35.2 Å². The lowest BCUT2D eigenvalue weighted by Crippen LogP contribution is -2.51. The van der Waals surface area contributed by atoms with Crippen molar-refractivity contribution in [2.75, 3.05) is 35.2 Å². The Morgan fingerprint density at radius 1 is 0.788 bits per heavy atom. The first-order valence-corrected chi connectivity index (χ1v) is 11.2. The summed E-state index contributed by atoms with van der Waals surface area (Å²) in [5.74, 6) is -0.512. The fraction of sp³-hybridized carbons (Fsp3) is 0.231. The minimum atomic E-state index is -0.338. The number of rotatable bonds is 2. The highest BCUT2D eigenvalue weighted by molar-refractivity contribution is 6.34. The molecule has 33 heavy (non-hydrogen) atoms. The summed E-state index contributed by atoms with van der Waals surface area (Å²) in [5.41, 5.74) is 16.4. The van der Waals surface area contributed by atoms with Crippen LogP contribution < -0.4 is 22.1 Å². The summed E-state index contributed by atoms with van der Waals surface area (Å²) in [6.07, 6.45) is 1.74. The fourth-order valence-corrected chi connectivity index (χ4v) is 5.36. The smallest absolute Gasteiger partial charge is 0.198 e. The number of benzene rings is 3. The Morgan fingerprint density at radius 2 is 1.45 bits per heavy atom. The minimum absolute atomic E-state index is 0.210. The number of ketones is 2. The topological polar surface area (TPSA) is 113 Å². The lowest BCUT2D eigenvalue weighted by Gasteiger charge is -2.40. The molecule has 0 saturated carbocycles. The van der Waals surface area contributed by atoms with E-state index in [2.05, 4.69) is 39.8 Å². The zero-order valence-corrected chi connectivity index (χ0v) is 18.2. The minimum Gasteiger partial charge on any atom is -0.398 e. The van der Waals surface area contributed by atoms with Gasteiger partial charge in [0, 0.05) is 49.4 Å². The first kappa shape index (κ1) is 19.8. The molecule has 1 fully saturated rings. The number of fused-ring (bicyclic) bond motifs is 4. The number of nitrogen functional groups attached to an aromatic ring is 2. The SMILES string of the molecule is Nc1ccc(N)c2c1C(=O)c1ccc3c(c1C2=O)NC1(CCN(Cc2ccccc2)CC1)N3. The van der Waals surface area contributed by atoms with Gasteiger partial charge >= 0.3 is 0 Å². The van der Waals surface area contributed by atoms with Crippen LogP contribution in [0.25, 0.3) is 0 Å². The lowest BCUT2D eigenvalue weighted by atomic mass is 9.81. The molecule has 0 radical (unpaired) electrons. The van der Waals surface area contributed by atoms with E-state index in [-0.39, 0.29) is 39.7 Å². The Morgan fingerprint density at radius 3 is 2.15 bits per heavy atom.